The highest BCUT2D eigenvalue weighted by molar-refractivity contribution is 5.82. The molecule has 0 amide bonds. The molecule has 17 heavy (non-hydrogen) atoms. The monoisotopic (exact) mass is 227 g/mol. The van der Waals surface area contributed by atoms with E-state index >= 15 is 0 Å². The lowest BCUT2D eigenvalue weighted by atomic mass is 9.98. The summed E-state index contributed by atoms with van der Waals surface area (Å²) in [4.78, 5) is 0. The minimum Gasteiger partial charge on any atom is -0.317 e. The second-order valence-electron chi connectivity index (χ2n) is 4.80. The molecule has 2 aromatic rings. The van der Waals surface area contributed by atoms with Crippen molar-refractivity contribution in [2.45, 2.75) is 20.3 Å². The molecular formula is C16H21N. The lowest BCUT2D eigenvalue weighted by Crippen LogP contribution is -2.21. The van der Waals surface area contributed by atoms with Gasteiger partial charge in [-0.25, -0.2) is 0 Å². The van der Waals surface area contributed by atoms with Crippen LogP contribution in [0.3, 0.4) is 0 Å². The van der Waals surface area contributed by atoms with E-state index in [1.165, 1.54) is 16.3 Å². The number of benzene rings is 2. The van der Waals surface area contributed by atoms with Gasteiger partial charge in [0.15, 0.2) is 0 Å². The Hall–Kier alpha value is -1.34. The Morgan fingerprint density at radius 1 is 1.06 bits per heavy atom. The Kier molecular flexibility index (Phi) is 4.16. The summed E-state index contributed by atoms with van der Waals surface area (Å²) in [5.41, 5.74) is 1.44. The molecule has 1 heteroatoms. The van der Waals surface area contributed by atoms with Gasteiger partial charge in [0.2, 0.25) is 0 Å². The molecule has 1 nitrogen and oxygen atoms in total. The Balaban J connectivity index is 2.08. The van der Waals surface area contributed by atoms with Crippen molar-refractivity contribution in [1.82, 2.24) is 5.32 Å². The largest absolute Gasteiger partial charge is 0.317 e. The Labute approximate surface area is 104 Å². The summed E-state index contributed by atoms with van der Waals surface area (Å²) in [6, 6.07) is 15.4. The maximum Gasteiger partial charge on any atom is -0.00201 e. The van der Waals surface area contributed by atoms with Crippen LogP contribution in [0, 0.1) is 5.92 Å². The van der Waals surface area contributed by atoms with Gasteiger partial charge in [-0.1, -0.05) is 56.3 Å². The first-order valence-corrected chi connectivity index (χ1v) is 6.48. The predicted octanol–water partition coefficient (Wildman–Crippen LogP) is 3.63. The van der Waals surface area contributed by atoms with Gasteiger partial charge in [0.25, 0.3) is 0 Å². The zero-order chi connectivity index (χ0) is 12.1. The number of hydrogen-bond acceptors (Lipinski definition) is 1. The van der Waals surface area contributed by atoms with E-state index in [0.29, 0.717) is 5.92 Å². The summed E-state index contributed by atoms with van der Waals surface area (Å²) in [5, 5.41) is 6.08. The molecule has 0 fully saturated rings. The van der Waals surface area contributed by atoms with Crippen LogP contribution in [0.2, 0.25) is 0 Å². The van der Waals surface area contributed by atoms with Crippen LogP contribution in [0.15, 0.2) is 42.5 Å². The first kappa shape index (κ1) is 12.1. The quantitative estimate of drug-likeness (QED) is 0.822. The molecule has 1 atom stereocenters. The van der Waals surface area contributed by atoms with Crippen molar-refractivity contribution in [3.05, 3.63) is 48.0 Å². The van der Waals surface area contributed by atoms with E-state index in [-0.39, 0.29) is 0 Å². The zero-order valence-electron chi connectivity index (χ0n) is 10.7. The van der Waals surface area contributed by atoms with Gasteiger partial charge in [-0.05, 0) is 41.8 Å². The summed E-state index contributed by atoms with van der Waals surface area (Å²) < 4.78 is 0. The molecule has 2 aromatic carbocycles. The van der Waals surface area contributed by atoms with Crippen LogP contribution < -0.4 is 5.32 Å². The van der Waals surface area contributed by atoms with E-state index < -0.39 is 0 Å². The van der Waals surface area contributed by atoms with Gasteiger partial charge in [-0.15, -0.1) is 0 Å². The fourth-order valence-electron chi connectivity index (χ4n) is 2.23. The Morgan fingerprint density at radius 3 is 2.59 bits per heavy atom. The lowest BCUT2D eigenvalue weighted by Gasteiger charge is -2.12. The topological polar surface area (TPSA) is 12.0 Å². The molecule has 0 bridgehead atoms. The smallest absolute Gasteiger partial charge is 0.00201 e. The van der Waals surface area contributed by atoms with Gasteiger partial charge >= 0.3 is 0 Å². The molecule has 2 rings (SSSR count). The minimum absolute atomic E-state index is 0.691. The van der Waals surface area contributed by atoms with E-state index in [4.69, 9.17) is 0 Å². The average molecular weight is 227 g/mol. The highest BCUT2D eigenvalue weighted by Crippen LogP contribution is 2.17. The maximum absolute atomic E-state index is 3.41. The van der Waals surface area contributed by atoms with Crippen molar-refractivity contribution in [3.8, 4) is 0 Å². The first-order chi connectivity index (χ1) is 8.29. The van der Waals surface area contributed by atoms with Crippen molar-refractivity contribution >= 4 is 10.8 Å². The van der Waals surface area contributed by atoms with E-state index in [1.54, 1.807) is 0 Å². The number of hydrogen-bond donors (Lipinski definition) is 1. The molecule has 1 N–H and O–H groups in total. The van der Waals surface area contributed by atoms with Crippen LogP contribution in [0.4, 0.5) is 0 Å². The van der Waals surface area contributed by atoms with E-state index in [0.717, 1.165) is 19.5 Å². The molecule has 0 spiro atoms. The van der Waals surface area contributed by atoms with Gasteiger partial charge in [-0.2, -0.15) is 0 Å². The molecule has 0 aromatic heterocycles. The van der Waals surface area contributed by atoms with Crippen LogP contribution in [0.25, 0.3) is 10.8 Å². The van der Waals surface area contributed by atoms with Gasteiger partial charge in [-0.3, -0.25) is 0 Å². The number of rotatable bonds is 5. The average Bonchev–Trinajstić information content (AvgIpc) is 2.36. The molecule has 0 aliphatic carbocycles. The molecular weight excluding hydrogens is 206 g/mol. The lowest BCUT2D eigenvalue weighted by molar-refractivity contribution is 0.521. The van der Waals surface area contributed by atoms with E-state index in [2.05, 4.69) is 61.6 Å². The molecule has 0 saturated heterocycles. The van der Waals surface area contributed by atoms with Crippen molar-refractivity contribution < 1.29 is 0 Å². The van der Waals surface area contributed by atoms with Gasteiger partial charge in [0.05, 0.1) is 0 Å². The Bertz CT molecular complexity index is 476. The van der Waals surface area contributed by atoms with Crippen LogP contribution in [-0.4, -0.2) is 13.1 Å². The van der Waals surface area contributed by atoms with E-state index in [9.17, 15) is 0 Å². The van der Waals surface area contributed by atoms with Crippen LogP contribution in [-0.2, 0) is 6.42 Å². The van der Waals surface area contributed by atoms with Crippen LogP contribution >= 0.6 is 0 Å². The molecule has 0 saturated carbocycles. The van der Waals surface area contributed by atoms with Crippen molar-refractivity contribution in [3.63, 3.8) is 0 Å². The van der Waals surface area contributed by atoms with Crippen LogP contribution in [0.5, 0.6) is 0 Å². The molecule has 0 aliphatic heterocycles. The zero-order valence-corrected chi connectivity index (χ0v) is 10.7. The summed E-state index contributed by atoms with van der Waals surface area (Å²) in [6.45, 7) is 6.62. The highest BCUT2D eigenvalue weighted by atomic mass is 14.8. The molecule has 1 unspecified atom stereocenters. The number of fused-ring (bicyclic) bond motifs is 1. The number of nitrogens with one attached hydrogen (secondary N) is 1. The third-order valence-corrected chi connectivity index (χ3v) is 3.14. The summed E-state index contributed by atoms with van der Waals surface area (Å²) in [6.07, 6.45) is 1.15. The standard InChI is InChI=1S/C16H21N/c1-3-17-12-13(2)10-14-8-9-15-6-4-5-7-16(15)11-14/h4-9,11,13,17H,3,10,12H2,1-2H3. The highest BCUT2D eigenvalue weighted by Gasteiger charge is 2.03. The SMILES string of the molecule is CCNCC(C)Cc1ccc2ccccc2c1. The Morgan fingerprint density at radius 2 is 1.82 bits per heavy atom. The van der Waals surface area contributed by atoms with Gasteiger partial charge in [0, 0.05) is 0 Å². The van der Waals surface area contributed by atoms with Gasteiger partial charge < -0.3 is 5.32 Å². The first-order valence-electron chi connectivity index (χ1n) is 6.48. The fourth-order valence-corrected chi connectivity index (χ4v) is 2.23. The third-order valence-electron chi connectivity index (χ3n) is 3.14. The molecule has 0 radical (unpaired) electrons. The summed E-state index contributed by atoms with van der Waals surface area (Å²) >= 11 is 0. The van der Waals surface area contributed by atoms with E-state index in [1.807, 2.05) is 0 Å². The molecule has 90 valence electrons. The minimum atomic E-state index is 0.691. The maximum atomic E-state index is 3.41. The summed E-state index contributed by atoms with van der Waals surface area (Å²) in [5.74, 6) is 0.691. The molecule has 0 heterocycles. The van der Waals surface area contributed by atoms with Crippen LogP contribution in [0.1, 0.15) is 19.4 Å². The predicted molar refractivity (Wildman–Crippen MR) is 75.4 cm³/mol. The second-order valence-corrected chi connectivity index (χ2v) is 4.80. The van der Waals surface area contributed by atoms with Crippen molar-refractivity contribution in [1.29, 1.82) is 0 Å². The summed E-state index contributed by atoms with van der Waals surface area (Å²) in [7, 11) is 0. The normalized spacial score (nSPS) is 12.8. The van der Waals surface area contributed by atoms with Gasteiger partial charge in [0.1, 0.15) is 0 Å². The fraction of sp³-hybridized carbons (Fsp3) is 0.375. The van der Waals surface area contributed by atoms with Crippen molar-refractivity contribution in [2.75, 3.05) is 13.1 Å². The molecule has 0 aliphatic rings. The van der Waals surface area contributed by atoms with Crippen molar-refractivity contribution in [2.24, 2.45) is 5.92 Å². The third kappa shape index (κ3) is 3.31. The second kappa shape index (κ2) is 5.83.